The number of sulfonamides is 1. The topological polar surface area (TPSA) is 59.1 Å². The van der Waals surface area contributed by atoms with Gasteiger partial charge in [-0.2, -0.15) is 0 Å². The van der Waals surface area contributed by atoms with E-state index in [2.05, 4.69) is 23.6 Å². The molecule has 0 bridgehead atoms. The van der Waals surface area contributed by atoms with E-state index in [4.69, 9.17) is 11.6 Å². The molecule has 1 aromatic heterocycles. The van der Waals surface area contributed by atoms with Crippen molar-refractivity contribution in [2.45, 2.75) is 44.0 Å². The van der Waals surface area contributed by atoms with Crippen molar-refractivity contribution in [1.29, 1.82) is 0 Å². The van der Waals surface area contributed by atoms with Gasteiger partial charge in [0.1, 0.15) is 10.0 Å². The second kappa shape index (κ2) is 5.77. The number of hydrogen-bond donors (Lipinski definition) is 1. The molecule has 1 aliphatic carbocycles. The lowest BCUT2D eigenvalue weighted by atomic mass is 9.78. The van der Waals surface area contributed by atoms with Crippen LogP contribution in [-0.2, 0) is 10.0 Å². The van der Waals surface area contributed by atoms with Crippen LogP contribution in [0, 0.1) is 11.8 Å². The van der Waals surface area contributed by atoms with Crippen molar-refractivity contribution in [3.05, 3.63) is 23.5 Å². The van der Waals surface area contributed by atoms with Crippen LogP contribution in [0.2, 0.25) is 5.15 Å². The summed E-state index contributed by atoms with van der Waals surface area (Å²) in [5.74, 6) is 0.897. The highest BCUT2D eigenvalue weighted by atomic mass is 35.5. The summed E-state index contributed by atoms with van der Waals surface area (Å²) in [6, 6.07) is 2.97. The van der Waals surface area contributed by atoms with E-state index in [9.17, 15) is 8.42 Å². The summed E-state index contributed by atoms with van der Waals surface area (Å²) in [5.41, 5.74) is 0. The van der Waals surface area contributed by atoms with Gasteiger partial charge in [-0.1, -0.05) is 38.3 Å². The zero-order valence-corrected chi connectivity index (χ0v) is 12.7. The predicted octanol–water partition coefficient (Wildman–Crippen LogP) is 2.84. The molecule has 1 heterocycles. The van der Waals surface area contributed by atoms with E-state index < -0.39 is 10.0 Å². The van der Waals surface area contributed by atoms with Gasteiger partial charge in [-0.25, -0.2) is 18.1 Å². The molecule has 1 fully saturated rings. The monoisotopic (exact) mass is 302 g/mol. The third-order valence-electron chi connectivity index (χ3n) is 4.02. The van der Waals surface area contributed by atoms with Crippen LogP contribution in [0.15, 0.2) is 23.2 Å². The SMILES string of the molecule is CC1CCCC(NS(=O)(=O)c2ccc(Cl)nc2)C1C. The molecule has 4 nitrogen and oxygen atoms in total. The summed E-state index contributed by atoms with van der Waals surface area (Å²) >= 11 is 5.67. The van der Waals surface area contributed by atoms with E-state index in [1.54, 1.807) is 0 Å². The third-order valence-corrected chi connectivity index (χ3v) is 5.72. The summed E-state index contributed by atoms with van der Waals surface area (Å²) < 4.78 is 27.3. The Labute approximate surface area is 119 Å². The minimum atomic E-state index is -3.50. The van der Waals surface area contributed by atoms with Gasteiger partial charge in [0, 0.05) is 12.2 Å². The number of nitrogens with zero attached hydrogens (tertiary/aromatic N) is 1. The first kappa shape index (κ1) is 14.8. The molecule has 106 valence electrons. The molecule has 3 unspecified atom stereocenters. The van der Waals surface area contributed by atoms with Crippen molar-refractivity contribution in [2.75, 3.05) is 0 Å². The minimum Gasteiger partial charge on any atom is -0.243 e. The van der Waals surface area contributed by atoms with Crippen LogP contribution in [0.1, 0.15) is 33.1 Å². The Morgan fingerprint density at radius 1 is 1.32 bits per heavy atom. The number of nitrogens with one attached hydrogen (secondary N) is 1. The molecule has 0 amide bonds. The average molecular weight is 303 g/mol. The molecular weight excluding hydrogens is 284 g/mol. The van der Waals surface area contributed by atoms with Crippen LogP contribution >= 0.6 is 11.6 Å². The number of aromatic nitrogens is 1. The van der Waals surface area contributed by atoms with Crippen molar-refractivity contribution in [1.82, 2.24) is 9.71 Å². The fourth-order valence-electron chi connectivity index (χ4n) is 2.54. The number of rotatable bonds is 3. The van der Waals surface area contributed by atoms with Crippen molar-refractivity contribution >= 4 is 21.6 Å². The van der Waals surface area contributed by atoms with Crippen LogP contribution in [0.25, 0.3) is 0 Å². The summed E-state index contributed by atoms with van der Waals surface area (Å²) in [6.07, 6.45) is 4.42. The zero-order chi connectivity index (χ0) is 14.0. The Morgan fingerprint density at radius 3 is 2.68 bits per heavy atom. The maximum absolute atomic E-state index is 12.3. The molecule has 6 heteroatoms. The molecule has 1 aliphatic rings. The lowest BCUT2D eigenvalue weighted by molar-refractivity contribution is 0.227. The maximum Gasteiger partial charge on any atom is 0.242 e. The standard InChI is InChI=1S/C13H19ClN2O2S/c1-9-4-3-5-12(10(9)2)16-19(17,18)11-6-7-13(14)15-8-11/h6-10,12,16H,3-5H2,1-2H3. The number of halogens is 1. The molecule has 1 saturated carbocycles. The van der Waals surface area contributed by atoms with Crippen molar-refractivity contribution in [3.63, 3.8) is 0 Å². The molecule has 0 saturated heterocycles. The zero-order valence-electron chi connectivity index (χ0n) is 11.1. The van der Waals surface area contributed by atoms with Crippen LogP contribution < -0.4 is 4.72 Å². The van der Waals surface area contributed by atoms with E-state index in [-0.39, 0.29) is 10.9 Å². The predicted molar refractivity (Wildman–Crippen MR) is 75.5 cm³/mol. The molecule has 0 spiro atoms. The molecule has 19 heavy (non-hydrogen) atoms. The molecule has 0 radical (unpaired) electrons. The quantitative estimate of drug-likeness (QED) is 0.874. The van der Waals surface area contributed by atoms with Gasteiger partial charge in [0.05, 0.1) is 0 Å². The first-order valence-corrected chi connectivity index (χ1v) is 8.40. The summed E-state index contributed by atoms with van der Waals surface area (Å²) in [6.45, 7) is 4.28. The van der Waals surface area contributed by atoms with Gasteiger partial charge >= 0.3 is 0 Å². The summed E-state index contributed by atoms with van der Waals surface area (Å²) in [7, 11) is -3.50. The van der Waals surface area contributed by atoms with Crippen LogP contribution in [-0.4, -0.2) is 19.4 Å². The molecule has 1 aromatic rings. The largest absolute Gasteiger partial charge is 0.243 e. The lowest BCUT2D eigenvalue weighted by Crippen LogP contribution is -2.43. The van der Waals surface area contributed by atoms with E-state index >= 15 is 0 Å². The van der Waals surface area contributed by atoms with E-state index in [1.165, 1.54) is 24.8 Å². The Kier molecular flexibility index (Phi) is 4.48. The van der Waals surface area contributed by atoms with E-state index in [0.29, 0.717) is 17.0 Å². The summed E-state index contributed by atoms with van der Waals surface area (Å²) in [5, 5.41) is 0.290. The van der Waals surface area contributed by atoms with Gasteiger partial charge < -0.3 is 0 Å². The normalized spacial score (nSPS) is 28.3. The average Bonchev–Trinajstić information content (AvgIpc) is 2.35. The maximum atomic E-state index is 12.3. The van der Waals surface area contributed by atoms with Crippen molar-refractivity contribution in [3.8, 4) is 0 Å². The molecule has 1 N–H and O–H groups in total. The number of hydrogen-bond acceptors (Lipinski definition) is 3. The molecular formula is C13H19ClN2O2S. The van der Waals surface area contributed by atoms with Crippen molar-refractivity contribution < 1.29 is 8.42 Å². The van der Waals surface area contributed by atoms with Crippen LogP contribution in [0.4, 0.5) is 0 Å². The Hall–Kier alpha value is -0.650. The fraction of sp³-hybridized carbons (Fsp3) is 0.615. The van der Waals surface area contributed by atoms with Gasteiger partial charge in [0.2, 0.25) is 10.0 Å². The van der Waals surface area contributed by atoms with E-state index in [0.717, 1.165) is 12.8 Å². The molecule has 0 aliphatic heterocycles. The highest BCUT2D eigenvalue weighted by Crippen LogP contribution is 2.30. The second-order valence-corrected chi connectivity index (χ2v) is 7.41. The smallest absolute Gasteiger partial charge is 0.242 e. The van der Waals surface area contributed by atoms with Gasteiger partial charge in [-0.05, 0) is 30.4 Å². The second-order valence-electron chi connectivity index (χ2n) is 5.31. The van der Waals surface area contributed by atoms with Crippen molar-refractivity contribution in [2.24, 2.45) is 11.8 Å². The Bertz CT molecular complexity index is 530. The molecule has 0 aromatic carbocycles. The van der Waals surface area contributed by atoms with Gasteiger partial charge in [0.25, 0.3) is 0 Å². The van der Waals surface area contributed by atoms with Gasteiger partial charge in [-0.15, -0.1) is 0 Å². The fourth-order valence-corrected chi connectivity index (χ4v) is 3.95. The first-order chi connectivity index (χ1) is 8.90. The van der Waals surface area contributed by atoms with E-state index in [1.807, 2.05) is 0 Å². The van der Waals surface area contributed by atoms with Gasteiger partial charge in [-0.3, -0.25) is 0 Å². The number of pyridine rings is 1. The highest BCUT2D eigenvalue weighted by Gasteiger charge is 2.30. The van der Waals surface area contributed by atoms with Gasteiger partial charge in [0.15, 0.2) is 0 Å². The Balaban J connectivity index is 2.15. The minimum absolute atomic E-state index is 0.00410. The molecule has 2 rings (SSSR count). The molecule has 3 atom stereocenters. The highest BCUT2D eigenvalue weighted by molar-refractivity contribution is 7.89. The Morgan fingerprint density at radius 2 is 2.05 bits per heavy atom. The third kappa shape index (κ3) is 3.46. The van der Waals surface area contributed by atoms with Crippen LogP contribution in [0.3, 0.4) is 0 Å². The lowest BCUT2D eigenvalue weighted by Gasteiger charge is -2.34. The summed E-state index contributed by atoms with van der Waals surface area (Å²) in [4.78, 5) is 3.99. The first-order valence-electron chi connectivity index (χ1n) is 6.54. The van der Waals surface area contributed by atoms with Crippen LogP contribution in [0.5, 0.6) is 0 Å².